The number of nitrogens with zero attached hydrogens (tertiary/aromatic N) is 4. The molecule has 2 aliphatic heterocycles. The number of ether oxygens (including phenoxy) is 2. The van der Waals surface area contributed by atoms with Crippen molar-refractivity contribution in [1.82, 2.24) is 5.01 Å². The average molecular weight is 506 g/mol. The van der Waals surface area contributed by atoms with Crippen molar-refractivity contribution in [2.75, 3.05) is 23.9 Å². The van der Waals surface area contributed by atoms with Crippen LogP contribution in [0.15, 0.2) is 83.1 Å². The van der Waals surface area contributed by atoms with Gasteiger partial charge in [0.05, 0.1) is 17.8 Å². The van der Waals surface area contributed by atoms with Crippen LogP contribution in [-0.2, 0) is 14.4 Å². The lowest BCUT2D eigenvalue weighted by Crippen LogP contribution is -2.43. The van der Waals surface area contributed by atoms with E-state index in [1.807, 2.05) is 30.3 Å². The Morgan fingerprint density at radius 2 is 1.72 bits per heavy atom. The van der Waals surface area contributed by atoms with Crippen molar-refractivity contribution in [1.29, 1.82) is 0 Å². The summed E-state index contributed by atoms with van der Waals surface area (Å²) < 4.78 is 10.9. The van der Waals surface area contributed by atoms with Gasteiger partial charge < -0.3 is 14.8 Å². The number of hydrogen-bond acceptors (Lipinski definition) is 8. The highest BCUT2D eigenvalue weighted by Crippen LogP contribution is 2.35. The predicted molar refractivity (Wildman–Crippen MR) is 131 cm³/mol. The number of benzene rings is 3. The van der Waals surface area contributed by atoms with Crippen molar-refractivity contribution >= 4 is 40.7 Å². The number of imide groups is 1. The molecular weight excluding hydrogens is 486 g/mol. The van der Waals surface area contributed by atoms with Gasteiger partial charge in [-0.05, 0) is 54.6 Å². The normalized spacial score (nSPS) is 18.4. The molecule has 1 saturated heterocycles. The second-order valence-electron chi connectivity index (χ2n) is 8.01. The Kier molecular flexibility index (Phi) is 6.26. The molecule has 0 saturated carbocycles. The standard InChI is InChI=1S/C25H20ClN5O5/c1-35-20-12-9-16(13-19(20)26)31-24(33)22-23(25(31)34)30(29-28-22)14-21(32)27-15-7-10-18(11-8-15)36-17-5-3-2-4-6-17/h2-13,22-23H,14H2,1H3,(H,27,32)/t22-,23+/m0/s1. The summed E-state index contributed by atoms with van der Waals surface area (Å²) in [5.41, 5.74) is 0.832. The van der Waals surface area contributed by atoms with Gasteiger partial charge in [0.15, 0.2) is 12.1 Å². The third-order valence-corrected chi connectivity index (χ3v) is 5.97. The minimum Gasteiger partial charge on any atom is -0.495 e. The van der Waals surface area contributed by atoms with E-state index >= 15 is 0 Å². The van der Waals surface area contributed by atoms with E-state index in [0.29, 0.717) is 28.6 Å². The minimum atomic E-state index is -1.03. The first-order valence-electron chi connectivity index (χ1n) is 11.0. The van der Waals surface area contributed by atoms with Crippen molar-refractivity contribution < 1.29 is 23.9 Å². The highest BCUT2D eigenvalue weighted by atomic mass is 35.5. The molecule has 0 spiro atoms. The van der Waals surface area contributed by atoms with Gasteiger partial charge in [0, 0.05) is 5.69 Å². The quantitative estimate of drug-likeness (QED) is 0.484. The first-order valence-corrected chi connectivity index (χ1v) is 11.3. The summed E-state index contributed by atoms with van der Waals surface area (Å²) in [6.45, 7) is -0.261. The highest BCUT2D eigenvalue weighted by Gasteiger charge is 2.55. The van der Waals surface area contributed by atoms with Gasteiger partial charge in [-0.25, -0.2) is 4.90 Å². The molecule has 3 aromatic rings. The zero-order valence-electron chi connectivity index (χ0n) is 19.0. The minimum absolute atomic E-state index is 0.255. The molecule has 11 heteroatoms. The second-order valence-corrected chi connectivity index (χ2v) is 8.42. The fourth-order valence-electron chi connectivity index (χ4n) is 3.98. The lowest BCUT2D eigenvalue weighted by atomic mass is 10.1. The lowest BCUT2D eigenvalue weighted by Gasteiger charge is -2.20. The zero-order valence-corrected chi connectivity index (χ0v) is 19.8. The molecular formula is C25H20ClN5O5. The number of fused-ring (bicyclic) bond motifs is 1. The van der Waals surface area contributed by atoms with E-state index in [4.69, 9.17) is 21.1 Å². The van der Waals surface area contributed by atoms with Gasteiger partial charge in [0.2, 0.25) is 5.91 Å². The van der Waals surface area contributed by atoms with Gasteiger partial charge in [-0.15, -0.1) is 0 Å². The van der Waals surface area contributed by atoms with Crippen LogP contribution in [0.2, 0.25) is 5.02 Å². The van der Waals surface area contributed by atoms with E-state index in [1.165, 1.54) is 18.2 Å². The molecule has 1 N–H and O–H groups in total. The van der Waals surface area contributed by atoms with Crippen LogP contribution in [0, 0.1) is 0 Å². The van der Waals surface area contributed by atoms with Gasteiger partial charge >= 0.3 is 0 Å². The molecule has 2 aliphatic rings. The Morgan fingerprint density at radius 1 is 1.00 bits per heavy atom. The van der Waals surface area contributed by atoms with Crippen LogP contribution in [0.3, 0.4) is 0 Å². The van der Waals surface area contributed by atoms with Crippen molar-refractivity contribution in [2.24, 2.45) is 10.3 Å². The molecule has 0 aromatic heterocycles. The highest BCUT2D eigenvalue weighted by molar-refractivity contribution is 6.33. The average Bonchev–Trinajstić information content (AvgIpc) is 3.39. The van der Waals surface area contributed by atoms with Gasteiger partial charge in [-0.3, -0.25) is 19.4 Å². The maximum Gasteiger partial charge on any atom is 0.263 e. The topological polar surface area (TPSA) is 113 Å². The Morgan fingerprint density at radius 3 is 2.42 bits per heavy atom. The van der Waals surface area contributed by atoms with Crippen LogP contribution >= 0.6 is 11.6 Å². The number of rotatable bonds is 7. The molecule has 36 heavy (non-hydrogen) atoms. The van der Waals surface area contributed by atoms with Gasteiger partial charge in [-0.2, -0.15) is 5.11 Å². The largest absolute Gasteiger partial charge is 0.495 e. The molecule has 0 radical (unpaired) electrons. The van der Waals surface area contributed by atoms with Gasteiger partial charge in [0.25, 0.3) is 11.8 Å². The van der Waals surface area contributed by atoms with Crippen LogP contribution in [0.25, 0.3) is 0 Å². The van der Waals surface area contributed by atoms with E-state index in [2.05, 4.69) is 15.7 Å². The predicted octanol–water partition coefficient (Wildman–Crippen LogP) is 4.07. The maximum absolute atomic E-state index is 13.1. The van der Waals surface area contributed by atoms with Crippen molar-refractivity contribution in [2.45, 2.75) is 12.1 Å². The summed E-state index contributed by atoms with van der Waals surface area (Å²) >= 11 is 6.16. The van der Waals surface area contributed by atoms with Crippen molar-refractivity contribution in [3.8, 4) is 17.2 Å². The number of methoxy groups -OCH3 is 1. The van der Waals surface area contributed by atoms with E-state index in [1.54, 1.807) is 36.4 Å². The number of anilines is 2. The van der Waals surface area contributed by atoms with Crippen LogP contribution in [0.5, 0.6) is 17.2 Å². The van der Waals surface area contributed by atoms with E-state index in [-0.39, 0.29) is 11.6 Å². The zero-order chi connectivity index (χ0) is 25.2. The molecule has 1 fully saturated rings. The fraction of sp³-hybridized carbons (Fsp3) is 0.160. The third-order valence-electron chi connectivity index (χ3n) is 5.67. The van der Waals surface area contributed by atoms with Crippen molar-refractivity contribution in [3.63, 3.8) is 0 Å². The number of nitrogens with one attached hydrogen (secondary N) is 1. The molecule has 2 atom stereocenters. The van der Waals surface area contributed by atoms with E-state index in [9.17, 15) is 14.4 Å². The Labute approximate surface area is 211 Å². The number of carbonyl (C=O) groups is 3. The molecule has 182 valence electrons. The molecule has 3 aromatic carbocycles. The van der Waals surface area contributed by atoms with Crippen LogP contribution < -0.4 is 19.7 Å². The first kappa shape index (κ1) is 23.3. The number of amides is 3. The lowest BCUT2D eigenvalue weighted by molar-refractivity contribution is -0.123. The summed E-state index contributed by atoms with van der Waals surface area (Å²) in [5, 5.41) is 12.1. The summed E-state index contributed by atoms with van der Waals surface area (Å²) in [6.07, 6.45) is 0. The molecule has 5 rings (SSSR count). The Balaban J connectivity index is 1.23. The second kappa shape index (κ2) is 9.67. The molecule has 2 heterocycles. The summed E-state index contributed by atoms with van der Waals surface area (Å²) in [5.74, 6) is 0.238. The van der Waals surface area contributed by atoms with Crippen LogP contribution in [0.1, 0.15) is 0 Å². The fourth-order valence-corrected chi connectivity index (χ4v) is 4.23. The number of hydrogen-bond donors (Lipinski definition) is 1. The number of carbonyl (C=O) groups excluding carboxylic acids is 3. The van der Waals surface area contributed by atoms with E-state index < -0.39 is 29.8 Å². The van der Waals surface area contributed by atoms with Crippen LogP contribution in [0.4, 0.5) is 11.4 Å². The smallest absolute Gasteiger partial charge is 0.263 e. The third kappa shape index (κ3) is 4.46. The van der Waals surface area contributed by atoms with Gasteiger partial charge in [0.1, 0.15) is 23.8 Å². The summed E-state index contributed by atoms with van der Waals surface area (Å²) in [6, 6.07) is 18.7. The number of halogens is 1. The molecule has 10 nitrogen and oxygen atoms in total. The molecule has 0 unspecified atom stereocenters. The Bertz CT molecular complexity index is 1350. The monoisotopic (exact) mass is 505 g/mol. The first-order chi connectivity index (χ1) is 17.4. The molecule has 0 bridgehead atoms. The summed E-state index contributed by atoms with van der Waals surface area (Å²) in [7, 11) is 1.47. The molecule has 0 aliphatic carbocycles. The van der Waals surface area contributed by atoms with E-state index in [0.717, 1.165) is 4.90 Å². The van der Waals surface area contributed by atoms with Crippen molar-refractivity contribution in [3.05, 3.63) is 77.8 Å². The van der Waals surface area contributed by atoms with Gasteiger partial charge in [-0.1, -0.05) is 35.0 Å². The molecule has 3 amide bonds. The maximum atomic E-state index is 13.1. The SMILES string of the molecule is COc1ccc(N2C(=O)[C@H]3N=NN(CC(=O)Nc4ccc(Oc5ccccc5)cc4)[C@H]3C2=O)cc1Cl. The van der Waals surface area contributed by atoms with Crippen LogP contribution in [-0.4, -0.2) is 48.5 Å². The number of para-hydroxylation sites is 1. The Hall–Kier alpha value is -4.44. The summed E-state index contributed by atoms with van der Waals surface area (Å²) in [4.78, 5) is 39.7.